The fourth-order valence-electron chi connectivity index (χ4n) is 0.830. The number of rotatable bonds is 2. The lowest BCUT2D eigenvalue weighted by molar-refractivity contribution is 0.651. The van der Waals surface area contributed by atoms with Crippen LogP contribution < -0.4 is 5.32 Å². The van der Waals surface area contributed by atoms with Gasteiger partial charge in [-0.2, -0.15) is 5.10 Å². The summed E-state index contributed by atoms with van der Waals surface area (Å²) in [4.78, 5) is 0. The minimum Gasteiger partial charge on any atom is -0.313 e. The molecule has 1 heterocycles. The van der Waals surface area contributed by atoms with Crippen LogP contribution in [0.5, 0.6) is 0 Å². The lowest BCUT2D eigenvalue weighted by Crippen LogP contribution is -2.11. The molecule has 10 heavy (non-hydrogen) atoms. The van der Waals surface area contributed by atoms with Crippen LogP contribution in [0.1, 0.15) is 18.5 Å². The summed E-state index contributed by atoms with van der Waals surface area (Å²) in [6, 6.07) is 0.397. The lowest BCUT2D eigenvalue weighted by Gasteiger charge is -2.04. The number of aryl methyl sites for hydroxylation is 1. The van der Waals surface area contributed by atoms with Crippen LogP contribution in [0.3, 0.4) is 0 Å². The van der Waals surface area contributed by atoms with Crippen LogP contribution in [0.25, 0.3) is 0 Å². The van der Waals surface area contributed by atoms with E-state index in [9.17, 15) is 0 Å². The Morgan fingerprint density at radius 1 is 1.70 bits per heavy atom. The molecule has 0 amide bonds. The summed E-state index contributed by atoms with van der Waals surface area (Å²) >= 11 is 0. The molecule has 0 fully saturated rings. The Labute approximate surface area is 61.0 Å². The normalized spacial score (nSPS) is 13.5. The number of hydrogen-bond donors (Lipinski definition) is 1. The molecule has 1 atom stereocenters. The molecule has 3 heteroatoms. The summed E-state index contributed by atoms with van der Waals surface area (Å²) in [5, 5.41) is 7.20. The van der Waals surface area contributed by atoms with Crippen molar-refractivity contribution < 1.29 is 0 Å². The Bertz CT molecular complexity index is 204. The zero-order valence-electron chi connectivity index (χ0n) is 6.63. The van der Waals surface area contributed by atoms with E-state index in [1.54, 1.807) is 0 Å². The zero-order valence-corrected chi connectivity index (χ0v) is 6.63. The minimum absolute atomic E-state index is 0.397. The largest absolute Gasteiger partial charge is 0.313 e. The van der Waals surface area contributed by atoms with E-state index in [0.717, 1.165) is 0 Å². The van der Waals surface area contributed by atoms with Crippen LogP contribution >= 0.6 is 0 Å². The van der Waals surface area contributed by atoms with E-state index in [1.165, 1.54) is 5.56 Å². The van der Waals surface area contributed by atoms with Gasteiger partial charge in [0, 0.05) is 24.8 Å². The number of aromatic nitrogens is 2. The van der Waals surface area contributed by atoms with Gasteiger partial charge < -0.3 is 5.32 Å². The first-order chi connectivity index (χ1) is 4.74. The molecule has 0 aliphatic carbocycles. The van der Waals surface area contributed by atoms with Gasteiger partial charge in [-0.25, -0.2) is 0 Å². The Kier molecular flexibility index (Phi) is 2.06. The van der Waals surface area contributed by atoms with E-state index < -0.39 is 0 Å². The molecule has 0 aliphatic rings. The Morgan fingerprint density at radius 2 is 2.40 bits per heavy atom. The maximum Gasteiger partial charge on any atom is 0.0537 e. The summed E-state index contributed by atoms with van der Waals surface area (Å²) in [6.45, 7) is 2.11. The fraction of sp³-hybridized carbons (Fsp3) is 0.571. The fourth-order valence-corrected chi connectivity index (χ4v) is 0.830. The van der Waals surface area contributed by atoms with Gasteiger partial charge in [0.25, 0.3) is 0 Å². The maximum absolute atomic E-state index is 4.06. The van der Waals surface area contributed by atoms with Crippen LogP contribution in [-0.2, 0) is 7.05 Å². The van der Waals surface area contributed by atoms with Gasteiger partial charge in [-0.05, 0) is 14.0 Å². The first-order valence-corrected chi connectivity index (χ1v) is 3.40. The van der Waals surface area contributed by atoms with Crippen LogP contribution in [0.2, 0.25) is 0 Å². The Balaban J connectivity index is 2.74. The third-order valence-electron chi connectivity index (χ3n) is 1.66. The molecule has 1 unspecified atom stereocenters. The van der Waals surface area contributed by atoms with Gasteiger partial charge in [-0.15, -0.1) is 0 Å². The molecule has 0 aliphatic heterocycles. The lowest BCUT2D eigenvalue weighted by atomic mass is 10.2. The van der Waals surface area contributed by atoms with Gasteiger partial charge in [0.2, 0.25) is 0 Å². The third kappa shape index (κ3) is 1.36. The first kappa shape index (κ1) is 7.28. The predicted molar refractivity (Wildman–Crippen MR) is 40.7 cm³/mol. The van der Waals surface area contributed by atoms with Crippen LogP contribution in [-0.4, -0.2) is 16.8 Å². The summed E-state index contributed by atoms with van der Waals surface area (Å²) < 4.78 is 1.81. The van der Waals surface area contributed by atoms with Gasteiger partial charge in [0.05, 0.1) is 6.20 Å². The van der Waals surface area contributed by atoms with E-state index in [1.807, 2.05) is 31.2 Å². The van der Waals surface area contributed by atoms with Crippen molar-refractivity contribution in [1.82, 2.24) is 15.1 Å². The van der Waals surface area contributed by atoms with Crippen molar-refractivity contribution in [3.05, 3.63) is 18.0 Å². The highest BCUT2D eigenvalue weighted by Gasteiger charge is 2.02. The molecule has 56 valence electrons. The van der Waals surface area contributed by atoms with E-state index in [-0.39, 0.29) is 0 Å². The van der Waals surface area contributed by atoms with Gasteiger partial charge in [-0.3, -0.25) is 4.68 Å². The molecular formula is C7H13N3. The second kappa shape index (κ2) is 2.84. The average molecular weight is 139 g/mol. The summed E-state index contributed by atoms with van der Waals surface area (Å²) in [7, 11) is 3.86. The molecule has 3 nitrogen and oxygen atoms in total. The van der Waals surface area contributed by atoms with Crippen LogP contribution in [0.15, 0.2) is 12.4 Å². The van der Waals surface area contributed by atoms with Crippen molar-refractivity contribution >= 4 is 0 Å². The first-order valence-electron chi connectivity index (χ1n) is 3.40. The molecule has 0 saturated carbocycles. The van der Waals surface area contributed by atoms with Crippen molar-refractivity contribution in [3.8, 4) is 0 Å². The molecule has 1 N–H and O–H groups in total. The molecule has 1 aromatic rings. The molecule has 0 saturated heterocycles. The monoisotopic (exact) mass is 139 g/mol. The minimum atomic E-state index is 0.397. The summed E-state index contributed by atoms with van der Waals surface area (Å²) in [5.41, 5.74) is 1.23. The number of nitrogens with one attached hydrogen (secondary N) is 1. The standard InChI is InChI=1S/C7H13N3/c1-6(8-2)7-4-9-10(3)5-7/h4-6,8H,1-3H3. The molecule has 1 aromatic heterocycles. The van der Waals surface area contributed by atoms with Gasteiger partial charge >= 0.3 is 0 Å². The SMILES string of the molecule is CNC(C)c1cnn(C)c1. The third-order valence-corrected chi connectivity index (χ3v) is 1.66. The number of nitrogens with zero attached hydrogens (tertiary/aromatic N) is 2. The van der Waals surface area contributed by atoms with Gasteiger partial charge in [0.15, 0.2) is 0 Å². The number of hydrogen-bond acceptors (Lipinski definition) is 2. The summed E-state index contributed by atoms with van der Waals surface area (Å²) in [6.07, 6.45) is 3.89. The van der Waals surface area contributed by atoms with Crippen LogP contribution in [0.4, 0.5) is 0 Å². The summed E-state index contributed by atoms with van der Waals surface area (Å²) in [5.74, 6) is 0. The Morgan fingerprint density at radius 3 is 2.80 bits per heavy atom. The smallest absolute Gasteiger partial charge is 0.0537 e. The second-order valence-corrected chi connectivity index (χ2v) is 2.46. The second-order valence-electron chi connectivity index (χ2n) is 2.46. The van der Waals surface area contributed by atoms with E-state index >= 15 is 0 Å². The molecule has 0 bridgehead atoms. The predicted octanol–water partition coefficient (Wildman–Crippen LogP) is 0.700. The van der Waals surface area contributed by atoms with Gasteiger partial charge in [0.1, 0.15) is 0 Å². The topological polar surface area (TPSA) is 29.9 Å². The Hall–Kier alpha value is -0.830. The quantitative estimate of drug-likeness (QED) is 0.653. The molecular weight excluding hydrogens is 126 g/mol. The average Bonchev–Trinajstić information content (AvgIpc) is 2.34. The highest BCUT2D eigenvalue weighted by Crippen LogP contribution is 2.08. The van der Waals surface area contributed by atoms with Crippen molar-refractivity contribution in [1.29, 1.82) is 0 Å². The molecule has 1 rings (SSSR count). The van der Waals surface area contributed by atoms with Crippen molar-refractivity contribution in [2.75, 3.05) is 7.05 Å². The van der Waals surface area contributed by atoms with Crippen molar-refractivity contribution in [3.63, 3.8) is 0 Å². The van der Waals surface area contributed by atoms with E-state index in [2.05, 4.69) is 17.3 Å². The molecule has 0 radical (unpaired) electrons. The van der Waals surface area contributed by atoms with Crippen molar-refractivity contribution in [2.24, 2.45) is 7.05 Å². The molecule has 0 aromatic carbocycles. The zero-order chi connectivity index (χ0) is 7.56. The highest BCUT2D eigenvalue weighted by atomic mass is 15.2. The molecule has 0 spiro atoms. The van der Waals surface area contributed by atoms with E-state index in [0.29, 0.717) is 6.04 Å². The van der Waals surface area contributed by atoms with E-state index in [4.69, 9.17) is 0 Å². The van der Waals surface area contributed by atoms with Gasteiger partial charge in [-0.1, -0.05) is 0 Å². The van der Waals surface area contributed by atoms with Crippen molar-refractivity contribution in [2.45, 2.75) is 13.0 Å². The highest BCUT2D eigenvalue weighted by molar-refractivity contribution is 5.08. The van der Waals surface area contributed by atoms with Crippen LogP contribution in [0, 0.1) is 0 Å². The maximum atomic E-state index is 4.06.